The fourth-order valence-corrected chi connectivity index (χ4v) is 3.03. The number of aromatic nitrogens is 1. The van der Waals surface area contributed by atoms with Gasteiger partial charge in [0.15, 0.2) is 0 Å². The van der Waals surface area contributed by atoms with Crippen LogP contribution in [0.1, 0.15) is 22.3 Å². The van der Waals surface area contributed by atoms with E-state index in [1.54, 1.807) is 12.3 Å². The molecule has 0 aliphatic heterocycles. The molecule has 2 aromatic carbocycles. The lowest BCUT2D eigenvalue weighted by molar-refractivity contribution is -0.00100. The average molecular weight is 429 g/mol. The van der Waals surface area contributed by atoms with Crippen LogP contribution in [-0.4, -0.2) is 28.1 Å². The fourth-order valence-electron chi connectivity index (χ4n) is 2.86. The van der Waals surface area contributed by atoms with E-state index >= 15 is 0 Å². The van der Waals surface area contributed by atoms with Crippen molar-refractivity contribution in [1.29, 1.82) is 0 Å². The van der Waals surface area contributed by atoms with Crippen LogP contribution in [0.3, 0.4) is 0 Å². The summed E-state index contributed by atoms with van der Waals surface area (Å²) in [7, 11) is 0. The summed E-state index contributed by atoms with van der Waals surface area (Å²) in [5.74, 6) is 0.323. The minimum absolute atomic E-state index is 0. The minimum Gasteiger partial charge on any atom is -1.00 e. The number of aromatic hydroxyl groups is 1. The molecule has 0 aliphatic rings. The number of fused-ring (bicyclic) bond motifs is 1. The highest BCUT2D eigenvalue weighted by Gasteiger charge is 2.09. The number of benzene rings is 2. The van der Waals surface area contributed by atoms with Crippen LogP contribution in [0.25, 0.3) is 10.9 Å². The van der Waals surface area contributed by atoms with Gasteiger partial charge in [-0.15, -0.1) is 0 Å². The smallest absolute Gasteiger partial charge is 1.00 e. The van der Waals surface area contributed by atoms with Crippen LogP contribution >= 0.6 is 11.6 Å². The maximum absolute atomic E-state index is 10.2. The second-order valence-electron chi connectivity index (χ2n) is 5.95. The predicted octanol–water partition coefficient (Wildman–Crippen LogP) is -0.588. The first kappa shape index (κ1) is 23.3. The molecular formula is C20H24Cl3N3O. The van der Waals surface area contributed by atoms with Gasteiger partial charge in [-0.2, -0.15) is 0 Å². The Morgan fingerprint density at radius 2 is 1.81 bits per heavy atom. The molecule has 0 atom stereocenters. The van der Waals surface area contributed by atoms with Crippen molar-refractivity contribution in [1.82, 2.24) is 9.88 Å². The Morgan fingerprint density at radius 3 is 2.52 bits per heavy atom. The monoisotopic (exact) mass is 427 g/mol. The van der Waals surface area contributed by atoms with Gasteiger partial charge in [0.2, 0.25) is 0 Å². The zero-order valence-electron chi connectivity index (χ0n) is 17.2. The van der Waals surface area contributed by atoms with Crippen molar-refractivity contribution >= 4 is 33.9 Å². The van der Waals surface area contributed by atoms with Crippen LogP contribution in [0.15, 0.2) is 48.7 Å². The molecule has 0 radical (unpaired) electrons. The number of rotatable bonds is 6. The number of pyridine rings is 1. The van der Waals surface area contributed by atoms with Crippen LogP contribution in [0.5, 0.6) is 5.75 Å². The van der Waals surface area contributed by atoms with E-state index in [-0.39, 0.29) is 27.7 Å². The molecule has 0 amide bonds. The molecule has 7 heteroatoms. The number of halogens is 3. The van der Waals surface area contributed by atoms with E-state index in [9.17, 15) is 5.11 Å². The van der Waals surface area contributed by atoms with E-state index in [1.807, 2.05) is 36.4 Å². The van der Waals surface area contributed by atoms with E-state index in [0.717, 1.165) is 47.5 Å². The Hall–Kier alpha value is -1.72. The lowest BCUT2D eigenvalue weighted by Crippen LogP contribution is -3.00. The maximum Gasteiger partial charge on any atom is 1.00 e. The molecule has 3 aromatic rings. The fraction of sp³-hybridized carbons (Fsp3) is 0.250. The van der Waals surface area contributed by atoms with Crippen LogP contribution in [0, 0.1) is 0 Å². The van der Waals surface area contributed by atoms with Gasteiger partial charge in [-0.1, -0.05) is 25.4 Å². The Kier molecular flexibility index (Phi) is 9.13. The lowest BCUT2D eigenvalue weighted by atomic mass is 10.1. The summed E-state index contributed by atoms with van der Waals surface area (Å²) < 4.78 is 0. The average Bonchev–Trinajstić information content (AvgIpc) is 2.62. The number of phenols is 1. The number of hydrogen-bond acceptors (Lipinski definition) is 4. The van der Waals surface area contributed by atoms with Gasteiger partial charge in [-0.05, 0) is 55.6 Å². The largest absolute Gasteiger partial charge is 1.00 e. The topological polar surface area (TPSA) is 48.4 Å². The van der Waals surface area contributed by atoms with Gasteiger partial charge < -0.3 is 35.2 Å². The van der Waals surface area contributed by atoms with Crippen molar-refractivity contribution in [2.24, 2.45) is 0 Å². The Balaban J connectivity index is 0. The van der Waals surface area contributed by atoms with Gasteiger partial charge in [0.05, 0.1) is 5.52 Å². The van der Waals surface area contributed by atoms with E-state index < -0.39 is 0 Å². The Bertz CT molecular complexity index is 896. The van der Waals surface area contributed by atoms with Gasteiger partial charge >= 0.3 is 2.85 Å². The molecule has 146 valence electrons. The first-order chi connectivity index (χ1) is 12.1. The molecule has 0 aliphatic carbocycles. The van der Waals surface area contributed by atoms with Crippen molar-refractivity contribution in [2.45, 2.75) is 20.4 Å². The standard InChI is InChI=1S/C20H22ClN3O.2ClH/c1-3-24(4-2)13-14-11-16(6-8-20(14)25)23-18-9-10-22-19-12-15(21)5-7-17(18)19;;/h5-12,25H,3-4,13H2,1-2H3,(H,22,23);2*1H. The molecule has 0 unspecified atom stereocenters. The molecule has 1 heterocycles. The number of nitrogens with one attached hydrogen (secondary N) is 1. The second kappa shape index (κ2) is 10.6. The van der Waals surface area contributed by atoms with Gasteiger partial charge in [0, 0.05) is 40.1 Å². The van der Waals surface area contributed by atoms with Crippen molar-refractivity contribution < 1.29 is 32.8 Å². The third kappa shape index (κ3) is 5.63. The van der Waals surface area contributed by atoms with Crippen LogP contribution in [0.2, 0.25) is 5.02 Å². The predicted molar refractivity (Wildman–Crippen MR) is 107 cm³/mol. The first-order valence-corrected chi connectivity index (χ1v) is 8.84. The van der Waals surface area contributed by atoms with Crippen molar-refractivity contribution in [3.8, 4) is 5.75 Å². The quantitative estimate of drug-likeness (QED) is 0.516. The van der Waals surface area contributed by atoms with Gasteiger partial charge in [-0.25, -0.2) is 0 Å². The molecular weight excluding hydrogens is 405 g/mol. The SMILES string of the molecule is CCN(CC)Cc1cc(Nc2ccnc3cc(Cl)ccc23)ccc1O.[Cl-].[Cl-].[H+].[H+]. The summed E-state index contributed by atoms with van der Waals surface area (Å²) in [5.41, 5.74) is 3.65. The van der Waals surface area contributed by atoms with E-state index in [2.05, 4.69) is 29.0 Å². The molecule has 0 bridgehead atoms. The number of hydrogen-bond donors (Lipinski definition) is 2. The van der Waals surface area contributed by atoms with E-state index in [1.165, 1.54) is 0 Å². The zero-order valence-corrected chi connectivity index (χ0v) is 17.5. The molecule has 3 rings (SSSR count). The highest BCUT2D eigenvalue weighted by Crippen LogP contribution is 2.29. The Labute approximate surface area is 180 Å². The molecule has 1 aromatic heterocycles. The summed E-state index contributed by atoms with van der Waals surface area (Å²) >= 11 is 6.05. The molecule has 4 nitrogen and oxygen atoms in total. The number of nitrogens with zero attached hydrogens (tertiary/aromatic N) is 2. The molecule has 0 spiro atoms. The first-order valence-electron chi connectivity index (χ1n) is 8.46. The van der Waals surface area contributed by atoms with Crippen LogP contribution < -0.4 is 30.1 Å². The van der Waals surface area contributed by atoms with Gasteiger partial charge in [-0.3, -0.25) is 9.88 Å². The Morgan fingerprint density at radius 1 is 1.07 bits per heavy atom. The molecule has 0 fully saturated rings. The van der Waals surface area contributed by atoms with Gasteiger partial charge in [0.1, 0.15) is 5.75 Å². The van der Waals surface area contributed by atoms with Crippen molar-refractivity contribution in [2.75, 3.05) is 18.4 Å². The number of anilines is 2. The molecule has 2 N–H and O–H groups in total. The highest BCUT2D eigenvalue weighted by molar-refractivity contribution is 6.31. The number of phenolic OH excluding ortho intramolecular Hbond substituents is 1. The molecule has 27 heavy (non-hydrogen) atoms. The maximum atomic E-state index is 10.2. The van der Waals surface area contributed by atoms with Gasteiger partial charge in [0.25, 0.3) is 0 Å². The highest BCUT2D eigenvalue weighted by atomic mass is 35.5. The second-order valence-corrected chi connectivity index (χ2v) is 6.39. The van der Waals surface area contributed by atoms with Crippen molar-refractivity contribution in [3.05, 3.63) is 59.2 Å². The normalized spacial score (nSPS) is 10.4. The third-order valence-corrected chi connectivity index (χ3v) is 4.59. The van der Waals surface area contributed by atoms with Crippen molar-refractivity contribution in [3.63, 3.8) is 0 Å². The molecule has 0 saturated carbocycles. The van der Waals surface area contributed by atoms with Crippen LogP contribution in [0.4, 0.5) is 11.4 Å². The zero-order chi connectivity index (χ0) is 17.8. The third-order valence-electron chi connectivity index (χ3n) is 4.35. The lowest BCUT2D eigenvalue weighted by Gasteiger charge is -2.19. The summed E-state index contributed by atoms with van der Waals surface area (Å²) in [5, 5.41) is 15.3. The minimum atomic E-state index is 0. The summed E-state index contributed by atoms with van der Waals surface area (Å²) in [6.07, 6.45) is 1.76. The van der Waals surface area contributed by atoms with E-state index in [4.69, 9.17) is 11.6 Å². The summed E-state index contributed by atoms with van der Waals surface area (Å²) in [6, 6.07) is 13.2. The molecule has 0 saturated heterocycles. The summed E-state index contributed by atoms with van der Waals surface area (Å²) in [4.78, 5) is 6.63. The van der Waals surface area contributed by atoms with Crippen LogP contribution in [-0.2, 0) is 6.54 Å². The van der Waals surface area contributed by atoms with E-state index in [0.29, 0.717) is 10.8 Å². The summed E-state index contributed by atoms with van der Waals surface area (Å²) in [6.45, 7) is 6.86.